The maximum Gasteiger partial charge on any atom is 0.191 e. The van der Waals surface area contributed by atoms with Gasteiger partial charge in [-0.2, -0.15) is 0 Å². The van der Waals surface area contributed by atoms with Crippen LogP contribution >= 0.6 is 24.0 Å². The van der Waals surface area contributed by atoms with Crippen LogP contribution in [0, 0.1) is 6.92 Å². The van der Waals surface area contributed by atoms with Crippen molar-refractivity contribution in [3.05, 3.63) is 41.0 Å². The Morgan fingerprint density at radius 1 is 1.25 bits per heavy atom. The van der Waals surface area contributed by atoms with E-state index in [0.717, 1.165) is 61.4 Å². The molecule has 2 aromatic rings. The number of methoxy groups -OCH3 is 1. The fourth-order valence-corrected chi connectivity index (χ4v) is 3.32. The number of benzene rings is 1. The molecular formula is C20H31IN6O. The fraction of sp³-hybridized carbons (Fsp3) is 0.550. The van der Waals surface area contributed by atoms with Gasteiger partial charge < -0.3 is 19.9 Å². The Kier molecular flexibility index (Phi) is 9.01. The van der Waals surface area contributed by atoms with E-state index in [2.05, 4.69) is 62.4 Å². The van der Waals surface area contributed by atoms with E-state index in [1.165, 1.54) is 18.4 Å². The van der Waals surface area contributed by atoms with E-state index in [1.807, 2.05) is 0 Å². The van der Waals surface area contributed by atoms with Crippen molar-refractivity contribution in [1.82, 2.24) is 25.4 Å². The van der Waals surface area contributed by atoms with Crippen molar-refractivity contribution in [2.45, 2.75) is 52.6 Å². The molecular weight excluding hydrogens is 467 g/mol. The van der Waals surface area contributed by atoms with Crippen molar-refractivity contribution in [1.29, 1.82) is 0 Å². The Bertz CT molecular complexity index is 789. The first-order valence-corrected chi connectivity index (χ1v) is 9.78. The van der Waals surface area contributed by atoms with Crippen LogP contribution in [-0.2, 0) is 25.9 Å². The number of hydrogen-bond acceptors (Lipinski definition) is 4. The molecule has 0 saturated heterocycles. The number of aliphatic imine (C=N–C) groups is 1. The van der Waals surface area contributed by atoms with Gasteiger partial charge in [-0.05, 0) is 50.3 Å². The zero-order valence-corrected chi connectivity index (χ0v) is 19.3. The Morgan fingerprint density at radius 2 is 2.11 bits per heavy atom. The van der Waals surface area contributed by atoms with Crippen LogP contribution in [0.5, 0.6) is 5.75 Å². The van der Waals surface area contributed by atoms with E-state index in [4.69, 9.17) is 4.74 Å². The number of aryl methyl sites for hydroxylation is 2. The molecule has 0 fully saturated rings. The standard InChI is InChI=1S/C20H30N6O.HI/c1-4-21-20(22-11-10-16-9-8-15(2)17(13-16)27-3)23-14-19-25-24-18-7-5-6-12-26(18)19;/h8-9,13H,4-7,10-12,14H2,1-3H3,(H2,21,22,23);1H. The SMILES string of the molecule is CCNC(=NCc1nnc2n1CCCC2)NCCc1ccc(C)c(OC)c1.I. The molecule has 0 radical (unpaired) electrons. The average molecular weight is 498 g/mol. The highest BCUT2D eigenvalue weighted by Crippen LogP contribution is 2.19. The fourth-order valence-electron chi connectivity index (χ4n) is 3.32. The average Bonchev–Trinajstić information content (AvgIpc) is 3.10. The van der Waals surface area contributed by atoms with E-state index in [-0.39, 0.29) is 24.0 Å². The van der Waals surface area contributed by atoms with Crippen LogP contribution in [0.4, 0.5) is 0 Å². The van der Waals surface area contributed by atoms with Crippen molar-refractivity contribution in [2.24, 2.45) is 4.99 Å². The smallest absolute Gasteiger partial charge is 0.191 e. The first-order chi connectivity index (χ1) is 13.2. The third kappa shape index (κ3) is 5.83. The van der Waals surface area contributed by atoms with Crippen LogP contribution in [0.25, 0.3) is 0 Å². The summed E-state index contributed by atoms with van der Waals surface area (Å²) >= 11 is 0. The monoisotopic (exact) mass is 498 g/mol. The Hall–Kier alpha value is -1.84. The molecule has 2 N–H and O–H groups in total. The number of rotatable bonds is 7. The topological polar surface area (TPSA) is 76.4 Å². The van der Waals surface area contributed by atoms with Crippen LogP contribution in [0.3, 0.4) is 0 Å². The van der Waals surface area contributed by atoms with E-state index in [0.29, 0.717) is 6.54 Å². The Labute approximate surface area is 184 Å². The van der Waals surface area contributed by atoms with Gasteiger partial charge in [0.2, 0.25) is 0 Å². The first kappa shape index (κ1) is 22.4. The lowest BCUT2D eigenvalue weighted by Crippen LogP contribution is -2.38. The first-order valence-electron chi connectivity index (χ1n) is 9.78. The number of halogens is 1. The van der Waals surface area contributed by atoms with E-state index in [1.54, 1.807) is 7.11 Å². The van der Waals surface area contributed by atoms with Gasteiger partial charge in [-0.15, -0.1) is 34.2 Å². The number of guanidine groups is 1. The van der Waals surface area contributed by atoms with Gasteiger partial charge in [-0.1, -0.05) is 12.1 Å². The molecule has 1 aromatic carbocycles. The van der Waals surface area contributed by atoms with Crippen molar-refractivity contribution < 1.29 is 4.74 Å². The molecule has 0 bridgehead atoms. The number of aromatic nitrogens is 3. The van der Waals surface area contributed by atoms with Gasteiger partial charge in [0, 0.05) is 26.1 Å². The molecule has 0 spiro atoms. The molecule has 8 heteroatoms. The minimum absolute atomic E-state index is 0. The van der Waals surface area contributed by atoms with Crippen LogP contribution in [-0.4, -0.2) is 40.9 Å². The molecule has 0 saturated carbocycles. The zero-order chi connectivity index (χ0) is 19.1. The summed E-state index contributed by atoms with van der Waals surface area (Å²) < 4.78 is 7.62. The largest absolute Gasteiger partial charge is 0.496 e. The van der Waals surface area contributed by atoms with Gasteiger partial charge in [-0.25, -0.2) is 4.99 Å². The molecule has 154 valence electrons. The predicted octanol–water partition coefficient (Wildman–Crippen LogP) is 2.85. The second-order valence-corrected chi connectivity index (χ2v) is 6.82. The van der Waals surface area contributed by atoms with E-state index in [9.17, 15) is 0 Å². The summed E-state index contributed by atoms with van der Waals surface area (Å²) in [5.74, 6) is 3.79. The lowest BCUT2D eigenvalue weighted by molar-refractivity contribution is 0.411. The van der Waals surface area contributed by atoms with Gasteiger partial charge in [0.1, 0.15) is 18.1 Å². The van der Waals surface area contributed by atoms with Gasteiger partial charge in [-0.3, -0.25) is 0 Å². The Morgan fingerprint density at radius 3 is 2.89 bits per heavy atom. The summed E-state index contributed by atoms with van der Waals surface area (Å²) in [7, 11) is 1.71. The molecule has 0 amide bonds. The molecule has 0 aliphatic carbocycles. The summed E-state index contributed by atoms with van der Waals surface area (Å²) in [5.41, 5.74) is 2.40. The second kappa shape index (κ2) is 11.2. The Balaban J connectivity index is 0.00000280. The van der Waals surface area contributed by atoms with Crippen LogP contribution in [0.2, 0.25) is 0 Å². The van der Waals surface area contributed by atoms with Gasteiger partial charge in [0.15, 0.2) is 11.8 Å². The number of fused-ring (bicyclic) bond motifs is 1. The van der Waals surface area contributed by atoms with Crippen LogP contribution in [0.15, 0.2) is 23.2 Å². The summed E-state index contributed by atoms with van der Waals surface area (Å²) in [6.07, 6.45) is 4.33. The number of hydrogen-bond donors (Lipinski definition) is 2. The summed E-state index contributed by atoms with van der Waals surface area (Å²) in [6, 6.07) is 6.34. The minimum Gasteiger partial charge on any atom is -0.496 e. The highest BCUT2D eigenvalue weighted by atomic mass is 127. The summed E-state index contributed by atoms with van der Waals surface area (Å²) in [6.45, 7) is 7.30. The summed E-state index contributed by atoms with van der Waals surface area (Å²) in [4.78, 5) is 4.69. The lowest BCUT2D eigenvalue weighted by atomic mass is 10.1. The van der Waals surface area contributed by atoms with Gasteiger partial charge >= 0.3 is 0 Å². The lowest BCUT2D eigenvalue weighted by Gasteiger charge is -2.15. The van der Waals surface area contributed by atoms with E-state index < -0.39 is 0 Å². The molecule has 2 heterocycles. The van der Waals surface area contributed by atoms with E-state index >= 15 is 0 Å². The normalized spacial score (nSPS) is 13.5. The van der Waals surface area contributed by atoms with Crippen LogP contribution < -0.4 is 15.4 Å². The van der Waals surface area contributed by atoms with Crippen molar-refractivity contribution >= 4 is 29.9 Å². The molecule has 1 aromatic heterocycles. The molecule has 0 atom stereocenters. The van der Waals surface area contributed by atoms with Crippen molar-refractivity contribution in [3.8, 4) is 5.75 Å². The van der Waals surface area contributed by atoms with Crippen molar-refractivity contribution in [2.75, 3.05) is 20.2 Å². The third-order valence-corrected chi connectivity index (χ3v) is 4.84. The predicted molar refractivity (Wildman–Crippen MR) is 123 cm³/mol. The second-order valence-electron chi connectivity index (χ2n) is 6.82. The molecule has 1 aliphatic rings. The number of nitrogens with zero attached hydrogens (tertiary/aromatic N) is 4. The van der Waals surface area contributed by atoms with Gasteiger partial charge in [0.05, 0.1) is 7.11 Å². The summed E-state index contributed by atoms with van der Waals surface area (Å²) in [5, 5.41) is 15.3. The van der Waals surface area contributed by atoms with Crippen molar-refractivity contribution in [3.63, 3.8) is 0 Å². The quantitative estimate of drug-likeness (QED) is 0.349. The maximum atomic E-state index is 5.41. The van der Waals surface area contributed by atoms with Gasteiger partial charge in [0.25, 0.3) is 0 Å². The minimum atomic E-state index is 0. The molecule has 7 nitrogen and oxygen atoms in total. The van der Waals surface area contributed by atoms with Crippen LogP contribution in [0.1, 0.15) is 42.5 Å². The number of nitrogens with one attached hydrogen (secondary N) is 2. The third-order valence-electron chi connectivity index (χ3n) is 4.84. The molecule has 0 unspecified atom stereocenters. The highest BCUT2D eigenvalue weighted by molar-refractivity contribution is 14.0. The highest BCUT2D eigenvalue weighted by Gasteiger charge is 2.15. The maximum absolute atomic E-state index is 5.41. The molecule has 3 rings (SSSR count). The molecule has 1 aliphatic heterocycles. The number of ether oxygens (including phenoxy) is 1. The molecule has 28 heavy (non-hydrogen) atoms. The zero-order valence-electron chi connectivity index (χ0n) is 17.0.